The Morgan fingerprint density at radius 3 is 2.43 bits per heavy atom. The number of hydrogen-bond acceptors (Lipinski definition) is 1. The fourth-order valence-corrected chi connectivity index (χ4v) is 0.655. The summed E-state index contributed by atoms with van der Waals surface area (Å²) in [5.41, 5.74) is 0. The molecule has 0 aliphatic carbocycles. The Hall–Kier alpha value is 0.690. The number of alkyl halides is 1. The standard InChI is InChI=1S/C5H12IN/c1-3-7-4-5(2)6/h5,7H,3-4H2,1-2H3. The first-order valence-electron chi connectivity index (χ1n) is 2.62. The Bertz CT molecular complexity index is 37.1. The molecule has 0 aliphatic rings. The van der Waals surface area contributed by atoms with Crippen LogP contribution in [0.15, 0.2) is 0 Å². The van der Waals surface area contributed by atoms with Gasteiger partial charge in [-0.25, -0.2) is 0 Å². The van der Waals surface area contributed by atoms with Crippen LogP contribution in [0, 0.1) is 0 Å². The molecule has 1 N–H and O–H groups in total. The van der Waals surface area contributed by atoms with Crippen LogP contribution in [0.5, 0.6) is 0 Å². The first kappa shape index (κ1) is 7.69. The summed E-state index contributed by atoms with van der Waals surface area (Å²) in [6.07, 6.45) is 0. The third kappa shape index (κ3) is 6.69. The van der Waals surface area contributed by atoms with Gasteiger partial charge in [-0.15, -0.1) is 0 Å². The van der Waals surface area contributed by atoms with Crippen LogP contribution < -0.4 is 5.32 Å². The van der Waals surface area contributed by atoms with Gasteiger partial charge in [0.25, 0.3) is 0 Å². The van der Waals surface area contributed by atoms with Crippen LogP contribution in [0.2, 0.25) is 0 Å². The molecule has 44 valence electrons. The molecule has 1 unspecified atom stereocenters. The van der Waals surface area contributed by atoms with Crippen molar-refractivity contribution in [2.75, 3.05) is 13.1 Å². The molecule has 1 atom stereocenters. The number of nitrogens with one attached hydrogen (secondary N) is 1. The molecule has 0 saturated carbocycles. The van der Waals surface area contributed by atoms with E-state index in [-0.39, 0.29) is 0 Å². The Morgan fingerprint density at radius 2 is 2.29 bits per heavy atom. The fraction of sp³-hybridized carbons (Fsp3) is 1.00. The summed E-state index contributed by atoms with van der Waals surface area (Å²) in [5, 5.41) is 3.24. The van der Waals surface area contributed by atoms with Gasteiger partial charge in [-0.1, -0.05) is 36.4 Å². The molecule has 0 aromatic carbocycles. The number of hydrogen-bond donors (Lipinski definition) is 1. The number of rotatable bonds is 3. The maximum absolute atomic E-state index is 3.24. The first-order valence-corrected chi connectivity index (χ1v) is 3.86. The van der Waals surface area contributed by atoms with Crippen LogP contribution in [0.1, 0.15) is 13.8 Å². The van der Waals surface area contributed by atoms with Gasteiger partial charge in [0.15, 0.2) is 0 Å². The van der Waals surface area contributed by atoms with Crippen LogP contribution in [-0.4, -0.2) is 17.0 Å². The minimum atomic E-state index is 0.762. The van der Waals surface area contributed by atoms with E-state index >= 15 is 0 Å². The lowest BCUT2D eigenvalue weighted by molar-refractivity contribution is 0.724. The topological polar surface area (TPSA) is 12.0 Å². The zero-order chi connectivity index (χ0) is 5.70. The molecule has 0 spiro atoms. The van der Waals surface area contributed by atoms with Crippen molar-refractivity contribution in [1.82, 2.24) is 5.32 Å². The number of halogens is 1. The van der Waals surface area contributed by atoms with Crippen molar-refractivity contribution >= 4 is 22.6 Å². The lowest BCUT2D eigenvalue weighted by atomic mass is 10.5. The van der Waals surface area contributed by atoms with E-state index < -0.39 is 0 Å². The van der Waals surface area contributed by atoms with E-state index in [2.05, 4.69) is 41.8 Å². The smallest absolute Gasteiger partial charge is 0.0206 e. The largest absolute Gasteiger partial charge is 0.316 e. The molecular formula is C5H12IN. The van der Waals surface area contributed by atoms with Crippen molar-refractivity contribution in [2.45, 2.75) is 17.8 Å². The van der Waals surface area contributed by atoms with E-state index in [4.69, 9.17) is 0 Å². The first-order chi connectivity index (χ1) is 3.27. The van der Waals surface area contributed by atoms with Crippen molar-refractivity contribution in [1.29, 1.82) is 0 Å². The lowest BCUT2D eigenvalue weighted by Crippen LogP contribution is -2.19. The maximum Gasteiger partial charge on any atom is 0.0206 e. The molecule has 0 heterocycles. The predicted octanol–water partition coefficient (Wildman–Crippen LogP) is 1.42. The van der Waals surface area contributed by atoms with Crippen molar-refractivity contribution < 1.29 is 0 Å². The molecule has 2 heteroatoms. The van der Waals surface area contributed by atoms with Gasteiger partial charge in [-0.3, -0.25) is 0 Å². The molecule has 0 bridgehead atoms. The molecule has 0 aromatic rings. The molecule has 0 aromatic heterocycles. The van der Waals surface area contributed by atoms with Gasteiger partial charge in [0.2, 0.25) is 0 Å². The summed E-state index contributed by atoms with van der Waals surface area (Å²) in [4.78, 5) is 0. The van der Waals surface area contributed by atoms with Crippen molar-refractivity contribution in [3.63, 3.8) is 0 Å². The average molecular weight is 213 g/mol. The second-order valence-electron chi connectivity index (χ2n) is 1.59. The molecule has 7 heavy (non-hydrogen) atoms. The summed E-state index contributed by atoms with van der Waals surface area (Å²) in [6.45, 7) is 6.55. The second-order valence-corrected chi connectivity index (χ2v) is 3.71. The van der Waals surface area contributed by atoms with Gasteiger partial charge in [0.1, 0.15) is 0 Å². The van der Waals surface area contributed by atoms with Crippen molar-refractivity contribution in [3.8, 4) is 0 Å². The zero-order valence-electron chi connectivity index (χ0n) is 4.87. The highest BCUT2D eigenvalue weighted by atomic mass is 127. The Morgan fingerprint density at radius 1 is 1.71 bits per heavy atom. The highest BCUT2D eigenvalue weighted by Crippen LogP contribution is 1.93. The van der Waals surface area contributed by atoms with Gasteiger partial charge in [0, 0.05) is 10.5 Å². The second kappa shape index (κ2) is 4.84. The van der Waals surface area contributed by atoms with Gasteiger partial charge >= 0.3 is 0 Å². The summed E-state index contributed by atoms with van der Waals surface area (Å²) < 4.78 is 0.762. The maximum atomic E-state index is 3.24. The van der Waals surface area contributed by atoms with Crippen molar-refractivity contribution in [3.05, 3.63) is 0 Å². The summed E-state index contributed by atoms with van der Waals surface area (Å²) in [6, 6.07) is 0. The predicted molar refractivity (Wildman–Crippen MR) is 42.0 cm³/mol. The molecule has 0 aliphatic heterocycles. The van der Waals surface area contributed by atoms with E-state index in [0.29, 0.717) is 0 Å². The van der Waals surface area contributed by atoms with E-state index in [9.17, 15) is 0 Å². The van der Waals surface area contributed by atoms with E-state index in [1.807, 2.05) is 0 Å². The molecule has 1 nitrogen and oxygen atoms in total. The quantitative estimate of drug-likeness (QED) is 0.552. The van der Waals surface area contributed by atoms with Gasteiger partial charge in [-0.05, 0) is 6.54 Å². The summed E-state index contributed by atoms with van der Waals surface area (Å²) in [7, 11) is 0. The van der Waals surface area contributed by atoms with Crippen LogP contribution in [0.4, 0.5) is 0 Å². The van der Waals surface area contributed by atoms with E-state index in [0.717, 1.165) is 17.0 Å². The normalized spacial score (nSPS) is 14.1. The Labute approximate surface area is 59.0 Å². The average Bonchev–Trinajstić information content (AvgIpc) is 1.61. The third-order valence-electron chi connectivity index (χ3n) is 0.676. The van der Waals surface area contributed by atoms with Crippen LogP contribution in [-0.2, 0) is 0 Å². The molecule has 0 saturated heterocycles. The summed E-state index contributed by atoms with van der Waals surface area (Å²) >= 11 is 2.40. The van der Waals surface area contributed by atoms with E-state index in [1.54, 1.807) is 0 Å². The fourth-order valence-electron chi connectivity index (χ4n) is 0.343. The minimum Gasteiger partial charge on any atom is -0.316 e. The van der Waals surface area contributed by atoms with Crippen LogP contribution in [0.25, 0.3) is 0 Å². The van der Waals surface area contributed by atoms with Gasteiger partial charge in [-0.2, -0.15) is 0 Å². The van der Waals surface area contributed by atoms with Gasteiger partial charge in [0.05, 0.1) is 0 Å². The highest BCUT2D eigenvalue weighted by Gasteiger charge is 1.89. The molecule has 0 rings (SSSR count). The van der Waals surface area contributed by atoms with Crippen LogP contribution in [0.3, 0.4) is 0 Å². The zero-order valence-corrected chi connectivity index (χ0v) is 7.03. The molecule has 0 amide bonds. The highest BCUT2D eigenvalue weighted by molar-refractivity contribution is 14.1. The SMILES string of the molecule is CCNCC(C)I. The van der Waals surface area contributed by atoms with Crippen molar-refractivity contribution in [2.24, 2.45) is 0 Å². The summed E-state index contributed by atoms with van der Waals surface area (Å²) in [5.74, 6) is 0. The monoisotopic (exact) mass is 213 g/mol. The molecule has 0 fully saturated rings. The Kier molecular flexibility index (Phi) is 5.32. The van der Waals surface area contributed by atoms with Gasteiger partial charge < -0.3 is 5.32 Å². The minimum absolute atomic E-state index is 0.762. The lowest BCUT2D eigenvalue weighted by Gasteiger charge is -2.00. The molecular weight excluding hydrogens is 201 g/mol. The molecule has 0 radical (unpaired) electrons. The third-order valence-corrected chi connectivity index (χ3v) is 1.12. The Balaban J connectivity index is 2.68. The van der Waals surface area contributed by atoms with E-state index in [1.165, 1.54) is 0 Å². The van der Waals surface area contributed by atoms with Crippen LogP contribution >= 0.6 is 22.6 Å².